The Balaban J connectivity index is 5.20. The fourth-order valence-corrected chi connectivity index (χ4v) is 11.0. The maximum Gasteiger partial charge on any atom is 0.472 e. The zero-order chi connectivity index (χ0) is 60.5. The van der Waals surface area contributed by atoms with Gasteiger partial charge in [0, 0.05) is 25.7 Å². The highest BCUT2D eigenvalue weighted by Gasteiger charge is 2.30. The van der Waals surface area contributed by atoms with Crippen molar-refractivity contribution in [2.75, 3.05) is 39.6 Å². The maximum absolute atomic E-state index is 13.0. The molecule has 17 nitrogen and oxygen atoms in total. The molecule has 2 unspecified atom stereocenters. The Hall–Kier alpha value is -1.94. The minimum atomic E-state index is -4.94. The van der Waals surface area contributed by atoms with Gasteiger partial charge in [-0.1, -0.05) is 272 Å². The number of carbonyl (C=O) groups excluding carboxylic acids is 4. The van der Waals surface area contributed by atoms with Gasteiger partial charge in [-0.25, -0.2) is 9.13 Å². The van der Waals surface area contributed by atoms with E-state index in [1.165, 1.54) is 141 Å². The number of rotatable bonds is 64. The first-order valence-corrected chi connectivity index (χ1v) is 36.3. The van der Waals surface area contributed by atoms with Crippen molar-refractivity contribution in [2.24, 2.45) is 0 Å². The second-order valence-electron chi connectivity index (χ2n) is 22.8. The highest BCUT2D eigenvalue weighted by molar-refractivity contribution is 7.47. The standard InChI is InChI=1S/C63H122O17P2/c1-5-9-13-17-21-24-26-28-29-31-34-38-42-46-50-63(68)80-59(54-74-61(66)48-44-40-36-33-30-27-25-22-18-14-10-6-2)56-78-82(71,72)76-52-57(64)51-75-81(69,70)77-55-58(53-73-60(65)47-43-39-35-20-16-12-8-4)79-62(67)49-45-41-37-32-23-19-15-11-7-3/h57-59,64H,5-56H2,1-4H3,(H,69,70)(H,71,72)/t57-,58+,59+/m0/s1. The number of carbonyl (C=O) groups is 4. The summed E-state index contributed by atoms with van der Waals surface area (Å²) in [4.78, 5) is 72.0. The molecule has 0 aromatic heterocycles. The summed E-state index contributed by atoms with van der Waals surface area (Å²) in [5.41, 5.74) is 0. The molecule has 0 aliphatic rings. The summed E-state index contributed by atoms with van der Waals surface area (Å²) >= 11 is 0. The summed E-state index contributed by atoms with van der Waals surface area (Å²) in [6.07, 6.45) is 43.1. The van der Waals surface area contributed by atoms with Crippen LogP contribution in [0.4, 0.5) is 0 Å². The fourth-order valence-electron chi connectivity index (χ4n) is 9.46. The lowest BCUT2D eigenvalue weighted by Crippen LogP contribution is -2.30. The minimum Gasteiger partial charge on any atom is -0.462 e. The number of phosphoric ester groups is 2. The van der Waals surface area contributed by atoms with Gasteiger partial charge in [-0.15, -0.1) is 0 Å². The van der Waals surface area contributed by atoms with Crippen LogP contribution >= 0.6 is 15.6 Å². The van der Waals surface area contributed by atoms with Gasteiger partial charge in [-0.2, -0.15) is 0 Å². The first-order valence-electron chi connectivity index (χ1n) is 33.3. The molecular formula is C63H122O17P2. The molecule has 5 atom stereocenters. The molecule has 0 saturated heterocycles. The van der Waals surface area contributed by atoms with E-state index in [-0.39, 0.29) is 25.7 Å². The molecule has 0 amide bonds. The molecule has 0 rings (SSSR count). The van der Waals surface area contributed by atoms with Crippen molar-refractivity contribution in [1.82, 2.24) is 0 Å². The molecule has 0 aliphatic heterocycles. The molecule has 82 heavy (non-hydrogen) atoms. The number of phosphoric acid groups is 2. The summed E-state index contributed by atoms with van der Waals surface area (Å²) in [5, 5.41) is 10.5. The Kier molecular flexibility index (Phi) is 56.7. The van der Waals surface area contributed by atoms with E-state index in [1.807, 2.05) is 0 Å². The van der Waals surface area contributed by atoms with Gasteiger partial charge in [-0.3, -0.25) is 37.3 Å². The van der Waals surface area contributed by atoms with Gasteiger partial charge in [-0.05, 0) is 25.7 Å². The van der Waals surface area contributed by atoms with Crippen LogP contribution in [0.15, 0.2) is 0 Å². The molecule has 0 heterocycles. The van der Waals surface area contributed by atoms with E-state index >= 15 is 0 Å². The van der Waals surface area contributed by atoms with Gasteiger partial charge in [0.15, 0.2) is 12.2 Å². The molecule has 0 aliphatic carbocycles. The normalized spacial score (nSPS) is 14.2. The molecule has 3 N–H and O–H groups in total. The number of hydrogen-bond acceptors (Lipinski definition) is 15. The molecule has 0 fully saturated rings. The Morgan fingerprint density at radius 1 is 0.293 bits per heavy atom. The zero-order valence-corrected chi connectivity index (χ0v) is 54.2. The Bertz CT molecular complexity index is 1590. The topological polar surface area (TPSA) is 237 Å². The van der Waals surface area contributed by atoms with Gasteiger partial charge in [0.05, 0.1) is 26.4 Å². The Morgan fingerprint density at radius 3 is 0.720 bits per heavy atom. The van der Waals surface area contributed by atoms with Crippen molar-refractivity contribution in [1.29, 1.82) is 0 Å². The van der Waals surface area contributed by atoms with Crippen LogP contribution in [-0.2, 0) is 65.4 Å². The van der Waals surface area contributed by atoms with E-state index in [2.05, 4.69) is 27.7 Å². The van der Waals surface area contributed by atoms with E-state index in [0.717, 1.165) is 103 Å². The highest BCUT2D eigenvalue weighted by atomic mass is 31.2. The predicted octanol–water partition coefficient (Wildman–Crippen LogP) is 17.5. The van der Waals surface area contributed by atoms with Gasteiger partial charge in [0.2, 0.25) is 0 Å². The smallest absolute Gasteiger partial charge is 0.462 e. The number of aliphatic hydroxyl groups excluding tert-OH is 1. The lowest BCUT2D eigenvalue weighted by molar-refractivity contribution is -0.161. The molecule has 0 aromatic rings. The van der Waals surface area contributed by atoms with Gasteiger partial charge >= 0.3 is 39.5 Å². The summed E-state index contributed by atoms with van der Waals surface area (Å²) in [6, 6.07) is 0. The van der Waals surface area contributed by atoms with Crippen molar-refractivity contribution in [3.8, 4) is 0 Å². The average Bonchev–Trinajstić information content (AvgIpc) is 3.45. The Morgan fingerprint density at radius 2 is 0.488 bits per heavy atom. The third-order valence-electron chi connectivity index (χ3n) is 14.6. The van der Waals surface area contributed by atoms with Crippen LogP contribution < -0.4 is 0 Å². The fraction of sp³-hybridized carbons (Fsp3) is 0.937. The van der Waals surface area contributed by atoms with Gasteiger partial charge < -0.3 is 33.8 Å². The molecule has 0 saturated carbocycles. The van der Waals surface area contributed by atoms with Crippen LogP contribution in [0.2, 0.25) is 0 Å². The van der Waals surface area contributed by atoms with Crippen molar-refractivity contribution < 1.29 is 80.2 Å². The predicted molar refractivity (Wildman–Crippen MR) is 326 cm³/mol. The van der Waals surface area contributed by atoms with E-state index in [1.54, 1.807) is 0 Å². The number of aliphatic hydroxyl groups is 1. The third kappa shape index (κ3) is 57.2. The van der Waals surface area contributed by atoms with Crippen LogP contribution in [-0.4, -0.2) is 96.7 Å². The van der Waals surface area contributed by atoms with Crippen LogP contribution in [0.5, 0.6) is 0 Å². The summed E-state index contributed by atoms with van der Waals surface area (Å²) in [6.45, 7) is 4.84. The summed E-state index contributed by atoms with van der Waals surface area (Å²) < 4.78 is 67.8. The molecule has 0 bridgehead atoms. The van der Waals surface area contributed by atoms with Crippen molar-refractivity contribution in [3.63, 3.8) is 0 Å². The maximum atomic E-state index is 13.0. The summed E-state index contributed by atoms with van der Waals surface area (Å²) in [7, 11) is -9.88. The zero-order valence-electron chi connectivity index (χ0n) is 52.5. The quantitative estimate of drug-likeness (QED) is 0.0222. The van der Waals surface area contributed by atoms with E-state index in [4.69, 9.17) is 37.0 Å². The lowest BCUT2D eigenvalue weighted by atomic mass is 10.0. The number of esters is 4. The second-order valence-corrected chi connectivity index (χ2v) is 25.7. The van der Waals surface area contributed by atoms with Gasteiger partial charge in [0.25, 0.3) is 0 Å². The van der Waals surface area contributed by atoms with Crippen molar-refractivity contribution >= 4 is 39.5 Å². The van der Waals surface area contributed by atoms with E-state index in [0.29, 0.717) is 25.7 Å². The molecule has 0 spiro atoms. The molecular weight excluding hydrogens is 1090 g/mol. The monoisotopic (exact) mass is 1210 g/mol. The molecule has 0 aromatic carbocycles. The molecule has 486 valence electrons. The third-order valence-corrected chi connectivity index (χ3v) is 16.5. The first kappa shape index (κ1) is 80.1. The highest BCUT2D eigenvalue weighted by Crippen LogP contribution is 2.45. The van der Waals surface area contributed by atoms with Crippen molar-refractivity contribution in [2.45, 2.75) is 341 Å². The van der Waals surface area contributed by atoms with E-state index in [9.17, 15) is 43.2 Å². The summed E-state index contributed by atoms with van der Waals surface area (Å²) in [5.74, 6) is -2.14. The average molecular weight is 1210 g/mol. The largest absolute Gasteiger partial charge is 0.472 e. The van der Waals surface area contributed by atoms with Crippen LogP contribution in [0.25, 0.3) is 0 Å². The Labute approximate surface area is 498 Å². The SMILES string of the molecule is CCCCCCCCCCCCCCCCC(=O)O[C@H](COC(=O)CCCCCCCCCCCCCC)COP(=O)(O)OC[C@@H](O)COP(=O)(O)OC[C@@H](COC(=O)CCCCCCCCC)OC(=O)CCCCCCCCCCC. The molecule has 19 heteroatoms. The van der Waals surface area contributed by atoms with E-state index < -0.39 is 97.5 Å². The first-order chi connectivity index (χ1) is 39.7. The van der Waals surface area contributed by atoms with Crippen LogP contribution in [0.1, 0.15) is 323 Å². The number of unbranched alkanes of at least 4 members (excludes halogenated alkanes) is 38. The molecule has 0 radical (unpaired) electrons. The van der Waals surface area contributed by atoms with Crippen LogP contribution in [0.3, 0.4) is 0 Å². The number of ether oxygens (including phenoxy) is 4. The number of hydrogen-bond donors (Lipinski definition) is 3. The van der Waals surface area contributed by atoms with Crippen LogP contribution in [0, 0.1) is 0 Å². The van der Waals surface area contributed by atoms with Gasteiger partial charge in [0.1, 0.15) is 19.3 Å². The van der Waals surface area contributed by atoms with Crippen molar-refractivity contribution in [3.05, 3.63) is 0 Å². The second kappa shape index (κ2) is 58.1. The minimum absolute atomic E-state index is 0.106. The lowest BCUT2D eigenvalue weighted by Gasteiger charge is -2.21.